The van der Waals surface area contributed by atoms with Crippen molar-refractivity contribution in [2.75, 3.05) is 44.7 Å². The van der Waals surface area contributed by atoms with Crippen LogP contribution >= 0.6 is 0 Å². The Hall–Kier alpha value is -3.20. The zero-order valence-electron chi connectivity index (χ0n) is 19.3. The topological polar surface area (TPSA) is 88.4 Å². The number of hydrogen-bond donors (Lipinski definition) is 1. The van der Waals surface area contributed by atoms with Gasteiger partial charge in [-0.15, -0.1) is 0 Å². The molecule has 1 aliphatic heterocycles. The number of fused-ring (bicyclic) bond motifs is 1. The maximum absolute atomic E-state index is 12.3. The van der Waals surface area contributed by atoms with Crippen molar-refractivity contribution in [2.24, 2.45) is 0 Å². The highest BCUT2D eigenvalue weighted by Gasteiger charge is 2.24. The van der Waals surface area contributed by atoms with Gasteiger partial charge < -0.3 is 19.9 Å². The summed E-state index contributed by atoms with van der Waals surface area (Å²) in [6.07, 6.45) is 0.868. The van der Waals surface area contributed by atoms with Crippen LogP contribution in [0.5, 0.6) is 0 Å². The van der Waals surface area contributed by atoms with Crippen molar-refractivity contribution in [2.45, 2.75) is 33.8 Å². The number of hydrogen-bond acceptors (Lipinski definition) is 6. The van der Waals surface area contributed by atoms with Gasteiger partial charge in [-0.3, -0.25) is 0 Å². The van der Waals surface area contributed by atoms with Crippen LogP contribution in [0.1, 0.15) is 30.4 Å². The lowest BCUT2D eigenvalue weighted by atomic mass is 10.2. The molecule has 1 fully saturated rings. The molecule has 1 aliphatic rings. The fraction of sp³-hybridized carbons (Fsp3) is 0.478. The molecule has 2 amide bonds. The summed E-state index contributed by atoms with van der Waals surface area (Å²) in [4.78, 5) is 26.1. The van der Waals surface area contributed by atoms with Crippen LogP contribution in [0.2, 0.25) is 0 Å². The van der Waals surface area contributed by atoms with Crippen LogP contribution in [0, 0.1) is 13.8 Å². The van der Waals surface area contributed by atoms with Crippen LogP contribution < -0.4 is 10.2 Å². The third-order valence-electron chi connectivity index (χ3n) is 5.69. The van der Waals surface area contributed by atoms with Gasteiger partial charge in [-0.25, -0.2) is 19.4 Å². The summed E-state index contributed by atoms with van der Waals surface area (Å²) < 4.78 is 7.24. The van der Waals surface area contributed by atoms with Gasteiger partial charge in [0.1, 0.15) is 12.4 Å². The number of nitrogens with one attached hydrogen (secondary N) is 1. The summed E-state index contributed by atoms with van der Waals surface area (Å²) in [7, 11) is 1.64. The third-order valence-corrected chi connectivity index (χ3v) is 5.69. The van der Waals surface area contributed by atoms with E-state index in [-0.39, 0.29) is 6.03 Å². The van der Waals surface area contributed by atoms with Crippen molar-refractivity contribution in [1.29, 1.82) is 0 Å². The number of methoxy groups -OCH3 is 1. The van der Waals surface area contributed by atoms with Crippen LogP contribution in [-0.2, 0) is 11.3 Å². The maximum atomic E-state index is 12.3. The van der Waals surface area contributed by atoms with E-state index < -0.39 is 0 Å². The molecule has 0 radical (unpaired) electrons. The molecule has 0 saturated carbocycles. The number of anilines is 1. The van der Waals surface area contributed by atoms with E-state index in [0.717, 1.165) is 47.7 Å². The highest BCUT2D eigenvalue weighted by molar-refractivity contribution is 5.91. The molecule has 0 bridgehead atoms. The molecule has 0 atom stereocenters. The summed E-state index contributed by atoms with van der Waals surface area (Å²) >= 11 is 0. The molecule has 0 unspecified atom stereocenters. The van der Waals surface area contributed by atoms with Gasteiger partial charge in [0.05, 0.1) is 16.8 Å². The molecule has 1 saturated heterocycles. The highest BCUT2D eigenvalue weighted by atomic mass is 16.5. The quantitative estimate of drug-likeness (QED) is 0.660. The van der Waals surface area contributed by atoms with Gasteiger partial charge in [-0.05, 0) is 39.3 Å². The zero-order valence-corrected chi connectivity index (χ0v) is 19.3. The third kappa shape index (κ3) is 4.38. The van der Waals surface area contributed by atoms with Crippen molar-refractivity contribution in [3.8, 4) is 5.69 Å². The van der Waals surface area contributed by atoms with Crippen LogP contribution in [0.15, 0.2) is 24.3 Å². The SMILES string of the molecule is CCNC(=O)N1CCCN(c2nc(COC)nc3c2c(C)nn3-c2ccc(C)cc2)CC1. The molecule has 4 rings (SSSR count). The predicted molar refractivity (Wildman–Crippen MR) is 124 cm³/mol. The van der Waals surface area contributed by atoms with Crippen LogP contribution in [-0.4, -0.2) is 70.5 Å². The summed E-state index contributed by atoms with van der Waals surface area (Å²) in [5.74, 6) is 1.48. The number of carbonyl (C=O) groups is 1. The normalized spacial score (nSPS) is 14.6. The minimum atomic E-state index is -0.00868. The fourth-order valence-electron chi connectivity index (χ4n) is 4.09. The Morgan fingerprint density at radius 2 is 1.88 bits per heavy atom. The second kappa shape index (κ2) is 9.52. The number of rotatable bonds is 5. The van der Waals surface area contributed by atoms with Gasteiger partial charge in [0.2, 0.25) is 0 Å². The van der Waals surface area contributed by atoms with Gasteiger partial charge >= 0.3 is 6.03 Å². The number of ether oxygens (including phenoxy) is 1. The van der Waals surface area contributed by atoms with Crippen molar-refractivity contribution in [3.05, 3.63) is 41.3 Å². The fourth-order valence-corrected chi connectivity index (χ4v) is 4.09. The van der Waals surface area contributed by atoms with Crippen molar-refractivity contribution in [3.63, 3.8) is 0 Å². The van der Waals surface area contributed by atoms with E-state index in [4.69, 9.17) is 19.8 Å². The Bertz CT molecular complexity index is 1090. The lowest BCUT2D eigenvalue weighted by molar-refractivity contribution is 0.178. The molecule has 9 heteroatoms. The van der Waals surface area contributed by atoms with Crippen LogP contribution in [0.4, 0.5) is 10.6 Å². The van der Waals surface area contributed by atoms with Crippen molar-refractivity contribution >= 4 is 22.9 Å². The van der Waals surface area contributed by atoms with Gasteiger partial charge in [-0.2, -0.15) is 5.10 Å². The molecular formula is C23H31N7O2. The van der Waals surface area contributed by atoms with Gasteiger partial charge in [0.15, 0.2) is 11.5 Å². The minimum Gasteiger partial charge on any atom is -0.377 e. The van der Waals surface area contributed by atoms with E-state index in [9.17, 15) is 4.79 Å². The Morgan fingerprint density at radius 1 is 1.09 bits per heavy atom. The highest BCUT2D eigenvalue weighted by Crippen LogP contribution is 2.30. The number of amides is 2. The van der Waals surface area contributed by atoms with Gasteiger partial charge in [0.25, 0.3) is 0 Å². The van der Waals surface area contributed by atoms with E-state index in [1.165, 1.54) is 5.56 Å². The molecule has 9 nitrogen and oxygen atoms in total. The zero-order chi connectivity index (χ0) is 22.7. The number of aromatic nitrogens is 4. The first kappa shape index (κ1) is 22.0. The average Bonchev–Trinajstić information content (AvgIpc) is 2.96. The summed E-state index contributed by atoms with van der Waals surface area (Å²) in [6.45, 7) is 9.82. The smallest absolute Gasteiger partial charge is 0.317 e. The second-order valence-electron chi connectivity index (χ2n) is 8.09. The Balaban J connectivity index is 1.75. The lowest BCUT2D eigenvalue weighted by Gasteiger charge is -2.24. The molecule has 32 heavy (non-hydrogen) atoms. The minimum absolute atomic E-state index is 0.00868. The first-order valence-electron chi connectivity index (χ1n) is 11.1. The molecule has 2 aromatic heterocycles. The molecule has 1 aromatic carbocycles. The summed E-state index contributed by atoms with van der Waals surface area (Å²) in [5.41, 5.74) is 3.80. The molecule has 1 N–H and O–H groups in total. The van der Waals surface area contributed by atoms with Crippen LogP contribution in [0.25, 0.3) is 16.7 Å². The van der Waals surface area contributed by atoms with Crippen LogP contribution in [0.3, 0.4) is 0 Å². The number of carbonyl (C=O) groups excluding carboxylic acids is 1. The predicted octanol–water partition coefficient (Wildman–Crippen LogP) is 2.82. The molecule has 0 spiro atoms. The first-order valence-corrected chi connectivity index (χ1v) is 11.1. The van der Waals surface area contributed by atoms with E-state index in [1.54, 1.807) is 7.11 Å². The number of urea groups is 1. The van der Waals surface area contributed by atoms with E-state index in [1.807, 2.05) is 23.4 Å². The van der Waals surface area contributed by atoms with Gasteiger partial charge in [0, 0.05) is 39.8 Å². The molecule has 3 aromatic rings. The summed E-state index contributed by atoms with van der Waals surface area (Å²) in [6, 6.07) is 8.23. The number of nitrogens with zero attached hydrogens (tertiary/aromatic N) is 6. The molecule has 0 aliphatic carbocycles. The standard InChI is InChI=1S/C23H31N7O2/c1-5-24-23(31)29-12-6-11-28(13-14-29)21-20-17(3)27-30(18-9-7-16(2)8-10-18)22(20)26-19(25-21)15-32-4/h7-10H,5-6,11-15H2,1-4H3,(H,24,31). The van der Waals surface area contributed by atoms with E-state index in [0.29, 0.717) is 32.1 Å². The maximum Gasteiger partial charge on any atom is 0.317 e. The van der Waals surface area contributed by atoms with E-state index in [2.05, 4.69) is 41.4 Å². The largest absolute Gasteiger partial charge is 0.377 e. The molecular weight excluding hydrogens is 406 g/mol. The summed E-state index contributed by atoms with van der Waals surface area (Å²) in [5, 5.41) is 8.65. The average molecular weight is 438 g/mol. The van der Waals surface area contributed by atoms with Crippen molar-refractivity contribution in [1.82, 2.24) is 30.0 Å². The Labute approximate surface area is 188 Å². The Kier molecular flexibility index (Phi) is 6.55. The van der Waals surface area contributed by atoms with Crippen molar-refractivity contribution < 1.29 is 9.53 Å². The first-order chi connectivity index (χ1) is 15.5. The second-order valence-corrected chi connectivity index (χ2v) is 8.09. The Morgan fingerprint density at radius 3 is 2.59 bits per heavy atom. The molecule has 3 heterocycles. The van der Waals surface area contributed by atoms with Gasteiger partial charge in [-0.1, -0.05) is 17.7 Å². The van der Waals surface area contributed by atoms with E-state index >= 15 is 0 Å². The number of benzene rings is 1. The number of aryl methyl sites for hydroxylation is 2. The lowest BCUT2D eigenvalue weighted by Crippen LogP contribution is -2.42. The molecule has 170 valence electrons. The monoisotopic (exact) mass is 437 g/mol.